The predicted molar refractivity (Wildman–Crippen MR) is 87.0 cm³/mol. The van der Waals surface area contributed by atoms with Gasteiger partial charge in [0.15, 0.2) is 0 Å². The summed E-state index contributed by atoms with van der Waals surface area (Å²) in [5.74, 6) is 0. The average molecular weight is 357 g/mol. The third kappa shape index (κ3) is 2.43. The molecule has 0 fully saturated rings. The van der Waals surface area contributed by atoms with Crippen molar-refractivity contribution in [3.8, 4) is 0 Å². The molecule has 0 saturated carbocycles. The standard InChI is InChI=1S/C14H17BrN2S2/c1-9-10-3-6-18-13(10)2-5-17(9)12(8-16)14-11(15)4-7-19-14/h3-4,6-7,9,12H,2,5,8,16H2,1H3. The molecule has 3 heterocycles. The quantitative estimate of drug-likeness (QED) is 0.893. The zero-order valence-electron chi connectivity index (χ0n) is 10.8. The van der Waals surface area contributed by atoms with Gasteiger partial charge in [0.05, 0.1) is 6.04 Å². The van der Waals surface area contributed by atoms with E-state index in [9.17, 15) is 0 Å². The molecule has 2 aromatic heterocycles. The number of thiophene rings is 2. The van der Waals surface area contributed by atoms with E-state index in [4.69, 9.17) is 5.73 Å². The zero-order valence-corrected chi connectivity index (χ0v) is 14.0. The van der Waals surface area contributed by atoms with Gasteiger partial charge < -0.3 is 5.73 Å². The van der Waals surface area contributed by atoms with Crippen molar-refractivity contribution >= 4 is 38.6 Å². The van der Waals surface area contributed by atoms with Crippen LogP contribution in [0.1, 0.15) is 34.3 Å². The molecule has 2 aromatic rings. The summed E-state index contributed by atoms with van der Waals surface area (Å²) in [5.41, 5.74) is 7.56. The highest BCUT2D eigenvalue weighted by Crippen LogP contribution is 2.40. The minimum Gasteiger partial charge on any atom is -0.329 e. The molecule has 0 saturated heterocycles. The van der Waals surface area contributed by atoms with Crippen LogP contribution >= 0.6 is 38.6 Å². The lowest BCUT2D eigenvalue weighted by Gasteiger charge is -2.39. The average Bonchev–Trinajstić information content (AvgIpc) is 3.03. The number of nitrogens with zero attached hydrogens (tertiary/aromatic N) is 1. The van der Waals surface area contributed by atoms with Gasteiger partial charge in [0.25, 0.3) is 0 Å². The number of halogens is 1. The molecule has 2 atom stereocenters. The first-order valence-corrected chi connectivity index (χ1v) is 9.02. The van der Waals surface area contributed by atoms with Crippen LogP contribution in [0.3, 0.4) is 0 Å². The monoisotopic (exact) mass is 356 g/mol. The second-order valence-corrected chi connectivity index (χ2v) is 7.65. The fourth-order valence-electron chi connectivity index (χ4n) is 2.89. The molecule has 0 radical (unpaired) electrons. The van der Waals surface area contributed by atoms with Crippen molar-refractivity contribution in [1.29, 1.82) is 0 Å². The van der Waals surface area contributed by atoms with Crippen molar-refractivity contribution in [1.82, 2.24) is 4.90 Å². The van der Waals surface area contributed by atoms with E-state index < -0.39 is 0 Å². The van der Waals surface area contributed by atoms with E-state index in [0.29, 0.717) is 18.6 Å². The van der Waals surface area contributed by atoms with Crippen molar-refractivity contribution in [2.24, 2.45) is 5.73 Å². The predicted octanol–water partition coefficient (Wildman–Crippen LogP) is 4.19. The molecule has 2 nitrogen and oxygen atoms in total. The summed E-state index contributed by atoms with van der Waals surface area (Å²) in [4.78, 5) is 5.45. The van der Waals surface area contributed by atoms with Crippen LogP contribution in [0.5, 0.6) is 0 Å². The van der Waals surface area contributed by atoms with E-state index in [2.05, 4.69) is 50.6 Å². The topological polar surface area (TPSA) is 29.3 Å². The van der Waals surface area contributed by atoms with Crippen molar-refractivity contribution in [2.75, 3.05) is 13.1 Å². The van der Waals surface area contributed by atoms with Crippen LogP contribution < -0.4 is 5.73 Å². The Kier molecular flexibility index (Phi) is 4.10. The second-order valence-electron chi connectivity index (χ2n) is 4.85. The zero-order chi connectivity index (χ0) is 13.4. The molecule has 0 amide bonds. The summed E-state index contributed by atoms with van der Waals surface area (Å²) in [6.07, 6.45) is 1.15. The molecule has 19 heavy (non-hydrogen) atoms. The van der Waals surface area contributed by atoms with E-state index >= 15 is 0 Å². The number of fused-ring (bicyclic) bond motifs is 1. The molecule has 2 N–H and O–H groups in total. The lowest BCUT2D eigenvalue weighted by molar-refractivity contribution is 0.140. The molecule has 0 aromatic carbocycles. The Hall–Kier alpha value is -0.200. The van der Waals surface area contributed by atoms with Gasteiger partial charge >= 0.3 is 0 Å². The van der Waals surface area contributed by atoms with Crippen molar-refractivity contribution in [3.05, 3.63) is 42.7 Å². The van der Waals surface area contributed by atoms with Gasteiger partial charge in [0, 0.05) is 33.4 Å². The summed E-state index contributed by atoms with van der Waals surface area (Å²) < 4.78 is 1.19. The first kappa shape index (κ1) is 13.8. The first-order chi connectivity index (χ1) is 9.22. The van der Waals surface area contributed by atoms with Gasteiger partial charge in [-0.25, -0.2) is 0 Å². The lowest BCUT2D eigenvalue weighted by atomic mass is 9.98. The van der Waals surface area contributed by atoms with Gasteiger partial charge in [-0.1, -0.05) is 0 Å². The van der Waals surface area contributed by atoms with Gasteiger partial charge in [-0.3, -0.25) is 4.90 Å². The molecule has 102 valence electrons. The van der Waals surface area contributed by atoms with Crippen LogP contribution in [0, 0.1) is 0 Å². The molecular formula is C14H17BrN2S2. The summed E-state index contributed by atoms with van der Waals surface area (Å²) in [6, 6.07) is 5.16. The molecule has 0 spiro atoms. The third-order valence-electron chi connectivity index (χ3n) is 3.90. The second kappa shape index (κ2) is 5.66. The van der Waals surface area contributed by atoms with Crippen molar-refractivity contribution < 1.29 is 0 Å². The number of hydrogen-bond donors (Lipinski definition) is 1. The SMILES string of the molecule is CC1c2ccsc2CCN1C(CN)c1sccc1Br. The maximum atomic E-state index is 6.07. The van der Waals surface area contributed by atoms with Crippen molar-refractivity contribution in [3.63, 3.8) is 0 Å². The Morgan fingerprint density at radius 2 is 2.21 bits per heavy atom. The smallest absolute Gasteiger partial charge is 0.0581 e. The molecular weight excluding hydrogens is 340 g/mol. The normalized spacial score (nSPS) is 21.3. The van der Waals surface area contributed by atoms with E-state index in [1.54, 1.807) is 16.2 Å². The van der Waals surface area contributed by atoms with Crippen molar-refractivity contribution in [2.45, 2.75) is 25.4 Å². The number of nitrogens with two attached hydrogens (primary N) is 1. The summed E-state index contributed by atoms with van der Waals surface area (Å²) in [5, 5.41) is 4.34. The maximum absolute atomic E-state index is 6.07. The Morgan fingerprint density at radius 3 is 2.89 bits per heavy atom. The Morgan fingerprint density at radius 1 is 1.42 bits per heavy atom. The van der Waals surface area contributed by atoms with Gasteiger partial charge in [-0.05, 0) is 57.7 Å². The largest absolute Gasteiger partial charge is 0.329 e. The Balaban J connectivity index is 1.92. The van der Waals surface area contributed by atoms with Crippen LogP contribution in [-0.2, 0) is 6.42 Å². The van der Waals surface area contributed by atoms with Gasteiger partial charge in [-0.2, -0.15) is 0 Å². The van der Waals surface area contributed by atoms with Crippen LogP contribution in [0.4, 0.5) is 0 Å². The molecule has 5 heteroatoms. The fraction of sp³-hybridized carbons (Fsp3) is 0.429. The minimum atomic E-state index is 0.317. The summed E-state index contributed by atoms with van der Waals surface area (Å²) in [6.45, 7) is 4.07. The molecule has 0 aliphatic carbocycles. The molecule has 2 unspecified atom stereocenters. The Bertz CT molecular complexity index is 563. The maximum Gasteiger partial charge on any atom is 0.0581 e. The Labute approximate surface area is 130 Å². The van der Waals surface area contributed by atoms with Crippen LogP contribution in [0.2, 0.25) is 0 Å². The highest BCUT2D eigenvalue weighted by Gasteiger charge is 2.31. The van der Waals surface area contributed by atoms with E-state index in [-0.39, 0.29) is 0 Å². The van der Waals surface area contributed by atoms with Gasteiger partial charge in [0.1, 0.15) is 0 Å². The van der Waals surface area contributed by atoms with E-state index in [0.717, 1.165) is 13.0 Å². The van der Waals surface area contributed by atoms with E-state index in [1.165, 1.54) is 14.9 Å². The van der Waals surface area contributed by atoms with Crippen LogP contribution in [-0.4, -0.2) is 18.0 Å². The van der Waals surface area contributed by atoms with Gasteiger partial charge in [0.2, 0.25) is 0 Å². The lowest BCUT2D eigenvalue weighted by Crippen LogP contribution is -2.39. The highest BCUT2D eigenvalue weighted by molar-refractivity contribution is 9.10. The highest BCUT2D eigenvalue weighted by atomic mass is 79.9. The number of hydrogen-bond acceptors (Lipinski definition) is 4. The molecule has 1 aliphatic heterocycles. The number of rotatable bonds is 3. The molecule has 0 bridgehead atoms. The van der Waals surface area contributed by atoms with E-state index in [1.807, 2.05) is 11.3 Å². The molecule has 1 aliphatic rings. The fourth-order valence-corrected chi connectivity index (χ4v) is 5.63. The summed E-state index contributed by atoms with van der Waals surface area (Å²) in [7, 11) is 0. The van der Waals surface area contributed by atoms with Crippen LogP contribution in [0.15, 0.2) is 27.4 Å². The minimum absolute atomic E-state index is 0.317. The van der Waals surface area contributed by atoms with Gasteiger partial charge in [-0.15, -0.1) is 22.7 Å². The first-order valence-electron chi connectivity index (χ1n) is 6.47. The van der Waals surface area contributed by atoms with Crippen LogP contribution in [0.25, 0.3) is 0 Å². The molecule has 3 rings (SSSR count). The summed E-state index contributed by atoms with van der Waals surface area (Å²) >= 11 is 7.33. The third-order valence-corrected chi connectivity index (χ3v) is 6.86.